The van der Waals surface area contributed by atoms with Crippen molar-refractivity contribution in [2.75, 3.05) is 31.5 Å². The second-order valence-electron chi connectivity index (χ2n) is 7.10. The van der Waals surface area contributed by atoms with E-state index >= 15 is 0 Å². The number of benzene rings is 1. The Kier molecular flexibility index (Phi) is 5.18. The summed E-state index contributed by atoms with van der Waals surface area (Å²) in [6.07, 6.45) is -0.390. The fraction of sp³-hybridized carbons (Fsp3) is 0.500. The van der Waals surface area contributed by atoms with Gasteiger partial charge in [0.05, 0.1) is 30.2 Å². The van der Waals surface area contributed by atoms with Crippen LogP contribution < -0.4 is 9.04 Å². The van der Waals surface area contributed by atoms with E-state index in [0.29, 0.717) is 23.6 Å². The largest absolute Gasteiger partial charge is 0.487 e. The lowest BCUT2D eigenvalue weighted by Gasteiger charge is -2.34. The number of ether oxygens (including phenoxy) is 1. The summed E-state index contributed by atoms with van der Waals surface area (Å²) < 4.78 is 49.2. The number of nitrogens with zero attached hydrogens (tertiary/aromatic N) is 4. The first-order valence-electron chi connectivity index (χ1n) is 8.79. The summed E-state index contributed by atoms with van der Waals surface area (Å²) in [5, 5.41) is 4.43. The molecule has 148 valence electrons. The zero-order valence-electron chi connectivity index (χ0n) is 16.2. The summed E-state index contributed by atoms with van der Waals surface area (Å²) in [6, 6.07) is 3.89. The van der Waals surface area contributed by atoms with Crippen molar-refractivity contribution in [3.63, 3.8) is 0 Å². The highest BCUT2D eigenvalue weighted by Crippen LogP contribution is 2.38. The molecule has 0 bridgehead atoms. The van der Waals surface area contributed by atoms with E-state index in [-0.39, 0.29) is 17.2 Å². The predicted molar refractivity (Wildman–Crippen MR) is 101 cm³/mol. The van der Waals surface area contributed by atoms with Gasteiger partial charge in [0.1, 0.15) is 22.6 Å². The highest BCUT2D eigenvalue weighted by Gasteiger charge is 2.36. The van der Waals surface area contributed by atoms with Gasteiger partial charge in [-0.2, -0.15) is 5.10 Å². The lowest BCUT2D eigenvalue weighted by molar-refractivity contribution is 0.218. The van der Waals surface area contributed by atoms with Gasteiger partial charge in [0.2, 0.25) is 0 Å². The van der Waals surface area contributed by atoms with Crippen molar-refractivity contribution in [2.45, 2.75) is 38.3 Å². The molecule has 1 aromatic heterocycles. The molecule has 1 aromatic carbocycles. The van der Waals surface area contributed by atoms with Crippen LogP contribution in [0, 0.1) is 19.7 Å². The molecule has 2 aromatic rings. The average Bonchev–Trinajstić information content (AvgIpc) is 2.86. The number of aromatic nitrogens is 2. The smallest absolute Gasteiger partial charge is 0.268 e. The average molecular weight is 396 g/mol. The van der Waals surface area contributed by atoms with Gasteiger partial charge in [0.15, 0.2) is 0 Å². The molecule has 27 heavy (non-hydrogen) atoms. The van der Waals surface area contributed by atoms with Gasteiger partial charge in [0.25, 0.3) is 10.0 Å². The Labute approximate surface area is 159 Å². The van der Waals surface area contributed by atoms with Crippen LogP contribution in [0.25, 0.3) is 0 Å². The molecule has 0 saturated heterocycles. The lowest BCUT2D eigenvalue weighted by Crippen LogP contribution is -2.42. The third-order valence-corrected chi connectivity index (χ3v) is 6.60. The molecule has 2 heterocycles. The molecule has 1 unspecified atom stereocenters. The number of anilines is 1. The van der Waals surface area contributed by atoms with Gasteiger partial charge in [-0.25, -0.2) is 12.8 Å². The molecule has 0 aliphatic carbocycles. The van der Waals surface area contributed by atoms with Crippen LogP contribution in [0.15, 0.2) is 23.1 Å². The molecule has 7 nitrogen and oxygen atoms in total. The van der Waals surface area contributed by atoms with Gasteiger partial charge in [-0.15, -0.1) is 0 Å². The van der Waals surface area contributed by atoms with Crippen LogP contribution >= 0.6 is 0 Å². The first-order chi connectivity index (χ1) is 12.6. The number of halogens is 1. The minimum Gasteiger partial charge on any atom is -0.487 e. The third kappa shape index (κ3) is 3.66. The zero-order chi connectivity index (χ0) is 19.9. The molecule has 3 rings (SSSR count). The summed E-state index contributed by atoms with van der Waals surface area (Å²) in [5.74, 6) is -0.239. The quantitative estimate of drug-likeness (QED) is 0.775. The lowest BCUT2D eigenvalue weighted by atomic mass is 10.2. The second-order valence-corrected chi connectivity index (χ2v) is 8.90. The van der Waals surface area contributed by atoms with Gasteiger partial charge in [0, 0.05) is 12.6 Å². The minimum atomic E-state index is -3.87. The number of likely N-dealkylation sites (N-methyl/N-ethyl adjacent to an activating group) is 1. The molecule has 9 heteroatoms. The van der Waals surface area contributed by atoms with Crippen LogP contribution in [0.1, 0.15) is 18.3 Å². The van der Waals surface area contributed by atoms with E-state index in [1.165, 1.54) is 22.5 Å². The molecule has 1 aliphatic heterocycles. The summed E-state index contributed by atoms with van der Waals surface area (Å²) >= 11 is 0. The zero-order valence-corrected chi connectivity index (χ0v) is 17.0. The third-order valence-electron chi connectivity index (χ3n) is 4.56. The van der Waals surface area contributed by atoms with Crippen LogP contribution in [-0.2, 0) is 16.6 Å². The predicted octanol–water partition coefficient (Wildman–Crippen LogP) is 2.18. The number of hydrogen-bond acceptors (Lipinski definition) is 5. The van der Waals surface area contributed by atoms with E-state index in [2.05, 4.69) is 5.10 Å². The topological polar surface area (TPSA) is 67.7 Å². The minimum absolute atomic E-state index is 0.155. The number of hydrogen-bond donors (Lipinski definition) is 0. The van der Waals surface area contributed by atoms with Crippen molar-refractivity contribution in [1.29, 1.82) is 0 Å². The van der Waals surface area contributed by atoms with Crippen molar-refractivity contribution in [3.05, 3.63) is 35.4 Å². The molecule has 0 radical (unpaired) electrons. The fourth-order valence-corrected chi connectivity index (χ4v) is 5.21. The molecule has 0 saturated carbocycles. The summed E-state index contributed by atoms with van der Waals surface area (Å²) in [6.45, 7) is 6.72. The maximum Gasteiger partial charge on any atom is 0.268 e. The first kappa shape index (κ1) is 19.6. The summed E-state index contributed by atoms with van der Waals surface area (Å²) in [7, 11) is 0.0395. The normalized spacial score (nSPS) is 17.1. The van der Waals surface area contributed by atoms with Crippen molar-refractivity contribution in [2.24, 2.45) is 0 Å². The number of fused-ring (bicyclic) bond motifs is 1. The van der Waals surface area contributed by atoms with Gasteiger partial charge in [-0.1, -0.05) is 0 Å². The Morgan fingerprint density at radius 2 is 2.04 bits per heavy atom. The van der Waals surface area contributed by atoms with Crippen LogP contribution in [-0.4, -0.2) is 56.4 Å². The van der Waals surface area contributed by atoms with E-state index in [0.717, 1.165) is 6.54 Å². The van der Waals surface area contributed by atoms with E-state index < -0.39 is 21.9 Å². The van der Waals surface area contributed by atoms with Crippen molar-refractivity contribution in [3.8, 4) is 5.75 Å². The van der Waals surface area contributed by atoms with Crippen LogP contribution in [0.4, 0.5) is 10.1 Å². The maximum absolute atomic E-state index is 13.6. The highest BCUT2D eigenvalue weighted by atomic mass is 32.2. The van der Waals surface area contributed by atoms with Gasteiger partial charge in [-0.3, -0.25) is 8.99 Å². The highest BCUT2D eigenvalue weighted by molar-refractivity contribution is 7.93. The maximum atomic E-state index is 13.6. The van der Waals surface area contributed by atoms with E-state index in [4.69, 9.17) is 4.74 Å². The first-order valence-corrected chi connectivity index (χ1v) is 10.2. The molecule has 0 N–H and O–H groups in total. The molecule has 1 atom stereocenters. The Hall–Kier alpha value is -2.13. The molecule has 0 fully saturated rings. The van der Waals surface area contributed by atoms with Crippen LogP contribution in [0.3, 0.4) is 0 Å². The van der Waals surface area contributed by atoms with Gasteiger partial charge in [-0.05, 0) is 47.0 Å². The van der Waals surface area contributed by atoms with Gasteiger partial charge >= 0.3 is 0 Å². The van der Waals surface area contributed by atoms with E-state index in [1.54, 1.807) is 25.5 Å². The molecule has 0 spiro atoms. The van der Waals surface area contributed by atoms with Crippen LogP contribution in [0.5, 0.6) is 5.75 Å². The standard InChI is InChI=1S/C18H25FN4O3S/c1-12-11-23(16-7-6-15(19)10-17(16)26-12)27(24,25)18-13(2)20-22(14(18)3)9-8-21(4)5/h6-7,10,12H,8-9,11H2,1-5H3. The summed E-state index contributed by atoms with van der Waals surface area (Å²) in [4.78, 5) is 2.21. The Morgan fingerprint density at radius 1 is 1.33 bits per heavy atom. The Morgan fingerprint density at radius 3 is 2.70 bits per heavy atom. The van der Waals surface area contributed by atoms with E-state index in [9.17, 15) is 12.8 Å². The summed E-state index contributed by atoms with van der Waals surface area (Å²) in [5.41, 5.74) is 1.39. The van der Waals surface area contributed by atoms with Crippen LogP contribution in [0.2, 0.25) is 0 Å². The second kappa shape index (κ2) is 7.12. The monoisotopic (exact) mass is 396 g/mol. The van der Waals surface area contributed by atoms with E-state index in [1.807, 2.05) is 19.0 Å². The molecular formula is C18H25FN4O3S. The molecular weight excluding hydrogens is 371 g/mol. The van der Waals surface area contributed by atoms with Gasteiger partial charge < -0.3 is 9.64 Å². The SMILES string of the molecule is Cc1nn(CCN(C)C)c(C)c1S(=O)(=O)N1CC(C)Oc2cc(F)ccc21. The Bertz CT molecular complexity index is 956. The number of sulfonamides is 1. The number of rotatable bonds is 5. The molecule has 1 aliphatic rings. The van der Waals surface area contributed by atoms with Crippen molar-refractivity contribution >= 4 is 15.7 Å². The fourth-order valence-electron chi connectivity index (χ4n) is 3.28. The van der Waals surface area contributed by atoms with Crippen molar-refractivity contribution < 1.29 is 17.5 Å². The number of aryl methyl sites for hydroxylation is 1. The van der Waals surface area contributed by atoms with Crippen molar-refractivity contribution in [1.82, 2.24) is 14.7 Å². The molecule has 0 amide bonds. The Balaban J connectivity index is 2.05.